The summed E-state index contributed by atoms with van der Waals surface area (Å²) in [4.78, 5) is 11.4. The summed E-state index contributed by atoms with van der Waals surface area (Å²) in [7, 11) is 1.56. The standard InChI is InChI=1S/C14H22N4O2/c1-14(8-4-3-5-11(14)19)9-16-12-7-6-10(17-18-12)13(20)15-2/h6-7,11,19H,3-5,8-9H2,1-2H3,(H,15,20)(H,16,18). The molecule has 1 aliphatic carbocycles. The zero-order valence-corrected chi connectivity index (χ0v) is 12.0. The first-order valence-electron chi connectivity index (χ1n) is 7.03. The van der Waals surface area contributed by atoms with Gasteiger partial charge in [-0.15, -0.1) is 10.2 Å². The van der Waals surface area contributed by atoms with E-state index in [1.165, 1.54) is 0 Å². The number of carbonyl (C=O) groups excluding carboxylic acids is 1. The number of nitrogens with zero attached hydrogens (tertiary/aromatic N) is 2. The molecule has 20 heavy (non-hydrogen) atoms. The third-order valence-electron chi connectivity index (χ3n) is 4.08. The largest absolute Gasteiger partial charge is 0.392 e. The number of hydrogen-bond acceptors (Lipinski definition) is 5. The summed E-state index contributed by atoms with van der Waals surface area (Å²) in [5.41, 5.74) is 0.168. The van der Waals surface area contributed by atoms with Gasteiger partial charge in [0.1, 0.15) is 5.82 Å². The Morgan fingerprint density at radius 1 is 1.45 bits per heavy atom. The number of aliphatic hydroxyl groups excluding tert-OH is 1. The molecule has 1 amide bonds. The topological polar surface area (TPSA) is 87.1 Å². The second-order valence-electron chi connectivity index (χ2n) is 5.65. The molecule has 110 valence electrons. The highest BCUT2D eigenvalue weighted by Gasteiger charge is 2.35. The molecule has 1 aliphatic rings. The maximum absolute atomic E-state index is 11.4. The van der Waals surface area contributed by atoms with Crippen molar-refractivity contribution in [2.75, 3.05) is 18.9 Å². The minimum atomic E-state index is -0.276. The molecule has 6 heteroatoms. The summed E-state index contributed by atoms with van der Waals surface area (Å²) < 4.78 is 0. The lowest BCUT2D eigenvalue weighted by Crippen LogP contribution is -2.41. The molecule has 0 spiro atoms. The molecule has 0 saturated heterocycles. The average Bonchev–Trinajstić information content (AvgIpc) is 2.48. The van der Waals surface area contributed by atoms with E-state index >= 15 is 0 Å². The van der Waals surface area contributed by atoms with Crippen LogP contribution in [-0.4, -0.2) is 40.9 Å². The van der Waals surface area contributed by atoms with Gasteiger partial charge in [0.15, 0.2) is 5.69 Å². The second-order valence-corrected chi connectivity index (χ2v) is 5.65. The zero-order chi connectivity index (χ0) is 14.6. The Balaban J connectivity index is 1.95. The van der Waals surface area contributed by atoms with E-state index in [0.717, 1.165) is 25.7 Å². The van der Waals surface area contributed by atoms with Crippen LogP contribution in [0.2, 0.25) is 0 Å². The lowest BCUT2D eigenvalue weighted by molar-refractivity contribution is 0.00957. The van der Waals surface area contributed by atoms with E-state index in [1.807, 2.05) is 0 Å². The van der Waals surface area contributed by atoms with Gasteiger partial charge in [0, 0.05) is 19.0 Å². The van der Waals surface area contributed by atoms with Crippen LogP contribution in [-0.2, 0) is 0 Å². The lowest BCUT2D eigenvalue weighted by atomic mass is 9.73. The van der Waals surface area contributed by atoms with Crippen molar-refractivity contribution in [3.8, 4) is 0 Å². The van der Waals surface area contributed by atoms with E-state index in [9.17, 15) is 9.90 Å². The van der Waals surface area contributed by atoms with Crippen LogP contribution in [0.25, 0.3) is 0 Å². The van der Waals surface area contributed by atoms with Gasteiger partial charge >= 0.3 is 0 Å². The molecule has 0 aromatic carbocycles. The molecule has 6 nitrogen and oxygen atoms in total. The first-order valence-corrected chi connectivity index (χ1v) is 7.03. The number of anilines is 1. The van der Waals surface area contributed by atoms with Crippen LogP contribution >= 0.6 is 0 Å². The number of hydrogen-bond donors (Lipinski definition) is 3. The van der Waals surface area contributed by atoms with Crippen molar-refractivity contribution in [3.63, 3.8) is 0 Å². The normalized spacial score (nSPS) is 26.1. The highest BCUT2D eigenvalue weighted by molar-refractivity contribution is 5.91. The quantitative estimate of drug-likeness (QED) is 0.770. The Morgan fingerprint density at radius 2 is 2.25 bits per heavy atom. The van der Waals surface area contributed by atoms with Crippen LogP contribution in [0.5, 0.6) is 0 Å². The van der Waals surface area contributed by atoms with Crippen LogP contribution in [0.3, 0.4) is 0 Å². The van der Waals surface area contributed by atoms with Gasteiger partial charge < -0.3 is 15.7 Å². The Bertz CT molecular complexity index is 463. The van der Waals surface area contributed by atoms with Crippen molar-refractivity contribution in [3.05, 3.63) is 17.8 Å². The smallest absolute Gasteiger partial charge is 0.271 e. The minimum Gasteiger partial charge on any atom is -0.392 e. The van der Waals surface area contributed by atoms with Gasteiger partial charge in [-0.2, -0.15) is 0 Å². The van der Waals surface area contributed by atoms with Crippen molar-refractivity contribution >= 4 is 11.7 Å². The molecular weight excluding hydrogens is 256 g/mol. The Kier molecular flexibility index (Phi) is 4.54. The van der Waals surface area contributed by atoms with Gasteiger partial charge in [-0.25, -0.2) is 0 Å². The van der Waals surface area contributed by atoms with E-state index in [1.54, 1.807) is 19.2 Å². The number of nitrogens with one attached hydrogen (secondary N) is 2. The highest BCUT2D eigenvalue weighted by atomic mass is 16.3. The Labute approximate surface area is 119 Å². The molecule has 3 N–H and O–H groups in total. The molecule has 0 bridgehead atoms. The van der Waals surface area contributed by atoms with Crippen LogP contribution in [0.1, 0.15) is 43.1 Å². The Hall–Kier alpha value is -1.69. The fraction of sp³-hybridized carbons (Fsp3) is 0.643. The SMILES string of the molecule is CNC(=O)c1ccc(NCC2(C)CCCCC2O)nn1. The maximum atomic E-state index is 11.4. The summed E-state index contributed by atoms with van der Waals surface area (Å²) in [6.45, 7) is 2.75. The number of aromatic nitrogens is 2. The van der Waals surface area contributed by atoms with E-state index in [4.69, 9.17) is 0 Å². The van der Waals surface area contributed by atoms with Gasteiger partial charge in [-0.3, -0.25) is 4.79 Å². The highest BCUT2D eigenvalue weighted by Crippen LogP contribution is 2.36. The van der Waals surface area contributed by atoms with Gasteiger partial charge in [0.2, 0.25) is 0 Å². The van der Waals surface area contributed by atoms with Crippen molar-refractivity contribution in [1.29, 1.82) is 0 Å². The first kappa shape index (κ1) is 14.7. The van der Waals surface area contributed by atoms with Crippen LogP contribution < -0.4 is 10.6 Å². The fourth-order valence-electron chi connectivity index (χ4n) is 2.56. The molecular formula is C14H22N4O2. The first-order chi connectivity index (χ1) is 9.55. The molecule has 1 saturated carbocycles. The Morgan fingerprint density at radius 3 is 2.85 bits per heavy atom. The molecule has 0 aliphatic heterocycles. The number of aliphatic hydroxyl groups is 1. The zero-order valence-electron chi connectivity index (χ0n) is 12.0. The monoisotopic (exact) mass is 278 g/mol. The predicted octanol–water partition coefficient (Wildman–Crippen LogP) is 1.19. The molecule has 1 fully saturated rings. The summed E-state index contributed by atoms with van der Waals surface area (Å²) in [5, 5.41) is 23.7. The third-order valence-corrected chi connectivity index (χ3v) is 4.08. The second kappa shape index (κ2) is 6.17. The summed E-state index contributed by atoms with van der Waals surface area (Å²) in [6.07, 6.45) is 3.83. The average molecular weight is 278 g/mol. The number of amides is 1. The number of rotatable bonds is 4. The van der Waals surface area contributed by atoms with Gasteiger partial charge in [-0.05, 0) is 25.0 Å². The van der Waals surface area contributed by atoms with Crippen molar-refractivity contribution < 1.29 is 9.90 Å². The molecule has 2 unspecified atom stereocenters. The van der Waals surface area contributed by atoms with Crippen LogP contribution in [0, 0.1) is 5.41 Å². The van der Waals surface area contributed by atoms with Gasteiger partial charge in [0.05, 0.1) is 6.10 Å². The van der Waals surface area contributed by atoms with Crippen LogP contribution in [0.4, 0.5) is 5.82 Å². The predicted molar refractivity (Wildman–Crippen MR) is 76.5 cm³/mol. The summed E-state index contributed by atoms with van der Waals surface area (Å²) >= 11 is 0. The van der Waals surface area contributed by atoms with Crippen molar-refractivity contribution in [2.45, 2.75) is 38.7 Å². The molecule has 1 aromatic rings. The molecule has 2 rings (SSSR count). The summed E-state index contributed by atoms with van der Waals surface area (Å²) in [6, 6.07) is 3.37. The van der Waals surface area contributed by atoms with Gasteiger partial charge in [0.25, 0.3) is 5.91 Å². The van der Waals surface area contributed by atoms with E-state index in [-0.39, 0.29) is 17.4 Å². The van der Waals surface area contributed by atoms with Crippen molar-refractivity contribution in [1.82, 2.24) is 15.5 Å². The maximum Gasteiger partial charge on any atom is 0.271 e. The molecule has 0 radical (unpaired) electrons. The van der Waals surface area contributed by atoms with Crippen LogP contribution in [0.15, 0.2) is 12.1 Å². The fourth-order valence-corrected chi connectivity index (χ4v) is 2.56. The molecule has 1 aromatic heterocycles. The van der Waals surface area contributed by atoms with Gasteiger partial charge in [-0.1, -0.05) is 19.8 Å². The summed E-state index contributed by atoms with van der Waals surface area (Å²) in [5.74, 6) is 0.371. The third kappa shape index (κ3) is 3.25. The molecule has 1 heterocycles. The van der Waals surface area contributed by atoms with E-state index in [2.05, 4.69) is 27.8 Å². The minimum absolute atomic E-state index is 0.126. The lowest BCUT2D eigenvalue weighted by Gasteiger charge is -2.38. The molecule has 2 atom stereocenters. The van der Waals surface area contributed by atoms with E-state index < -0.39 is 0 Å². The number of carbonyl (C=O) groups is 1. The van der Waals surface area contributed by atoms with Crippen molar-refractivity contribution in [2.24, 2.45) is 5.41 Å². The van der Waals surface area contributed by atoms with E-state index in [0.29, 0.717) is 18.1 Å².